The van der Waals surface area contributed by atoms with Gasteiger partial charge < -0.3 is 19.4 Å². The molecule has 144 valence electrons. The predicted octanol–water partition coefficient (Wildman–Crippen LogP) is 2.96. The summed E-state index contributed by atoms with van der Waals surface area (Å²) in [6.07, 6.45) is -2.22. The first kappa shape index (κ1) is 19.9. The van der Waals surface area contributed by atoms with E-state index in [-0.39, 0.29) is 11.5 Å². The van der Waals surface area contributed by atoms with E-state index in [1.807, 2.05) is 30.3 Å². The standard InChI is InChI=1S/C19H28O5SSi/c1-18(2,3)26(4,5)24-15-14(20)13-11-19(22,17(21)23-13)16(15)25-12-9-7-6-8-10-12/h6-10,13-16,20,22H,11H2,1-5H3/t13-,14+,15+,16-,19-/m1/s1. The SMILES string of the molecule is CC(C)(C)[Si](C)(C)O[C@H]1[C@@H](O)[C@H]2C[C@](O)(C(=O)O2)[C@@H]1Sc1ccccc1. The Labute approximate surface area is 160 Å². The Bertz CT molecular complexity index is 674. The van der Waals surface area contributed by atoms with Crippen molar-refractivity contribution in [1.82, 2.24) is 0 Å². The van der Waals surface area contributed by atoms with Gasteiger partial charge in [0.1, 0.15) is 12.2 Å². The van der Waals surface area contributed by atoms with Crippen LogP contribution in [0.2, 0.25) is 18.1 Å². The molecule has 3 rings (SSSR count). The highest BCUT2D eigenvalue weighted by molar-refractivity contribution is 8.00. The number of benzene rings is 1. The molecule has 2 N–H and O–H groups in total. The van der Waals surface area contributed by atoms with Crippen LogP contribution in [-0.4, -0.2) is 53.7 Å². The van der Waals surface area contributed by atoms with E-state index in [0.29, 0.717) is 0 Å². The molecular formula is C19H28O5SSi. The molecule has 1 aromatic carbocycles. The second-order valence-electron chi connectivity index (χ2n) is 8.76. The third-order valence-electron chi connectivity index (χ3n) is 5.85. The first-order valence-corrected chi connectivity index (χ1v) is 12.8. The Morgan fingerprint density at radius 1 is 1.27 bits per heavy atom. The van der Waals surface area contributed by atoms with E-state index in [1.165, 1.54) is 11.8 Å². The summed E-state index contributed by atoms with van der Waals surface area (Å²) in [6, 6.07) is 9.58. The van der Waals surface area contributed by atoms with Crippen molar-refractivity contribution in [2.45, 2.75) is 79.4 Å². The number of rotatable bonds is 4. The maximum atomic E-state index is 12.4. The number of aliphatic hydroxyl groups excluding tert-OH is 1. The average Bonchev–Trinajstić information content (AvgIpc) is 2.82. The van der Waals surface area contributed by atoms with Gasteiger partial charge in [-0.1, -0.05) is 39.0 Å². The van der Waals surface area contributed by atoms with Crippen LogP contribution in [-0.2, 0) is 14.0 Å². The normalized spacial score (nSPS) is 34.7. The van der Waals surface area contributed by atoms with Gasteiger partial charge in [-0.25, -0.2) is 4.79 Å². The van der Waals surface area contributed by atoms with Gasteiger partial charge in [0.15, 0.2) is 13.9 Å². The molecule has 1 aliphatic heterocycles. The van der Waals surface area contributed by atoms with Gasteiger partial charge in [0.25, 0.3) is 0 Å². The highest BCUT2D eigenvalue weighted by Gasteiger charge is 2.65. The van der Waals surface area contributed by atoms with Gasteiger partial charge in [-0.3, -0.25) is 0 Å². The van der Waals surface area contributed by atoms with Crippen LogP contribution >= 0.6 is 11.8 Å². The fraction of sp³-hybridized carbons (Fsp3) is 0.632. The summed E-state index contributed by atoms with van der Waals surface area (Å²) >= 11 is 1.38. The van der Waals surface area contributed by atoms with Crippen molar-refractivity contribution < 1.29 is 24.2 Å². The van der Waals surface area contributed by atoms with E-state index < -0.39 is 43.4 Å². The van der Waals surface area contributed by atoms with Crippen molar-refractivity contribution >= 4 is 26.0 Å². The lowest BCUT2D eigenvalue weighted by molar-refractivity contribution is -0.154. The Hall–Kier alpha value is -0.863. The number of hydrogen-bond donors (Lipinski definition) is 2. The molecule has 1 saturated heterocycles. The highest BCUT2D eigenvalue weighted by atomic mass is 32.2. The summed E-state index contributed by atoms with van der Waals surface area (Å²) in [5.41, 5.74) is -1.64. The highest BCUT2D eigenvalue weighted by Crippen LogP contribution is 2.49. The second-order valence-corrected chi connectivity index (χ2v) is 14.7. The topological polar surface area (TPSA) is 76.0 Å². The van der Waals surface area contributed by atoms with Gasteiger partial charge in [0, 0.05) is 11.3 Å². The molecule has 1 saturated carbocycles. The van der Waals surface area contributed by atoms with Crippen LogP contribution in [0.3, 0.4) is 0 Å². The molecule has 2 fully saturated rings. The summed E-state index contributed by atoms with van der Waals surface area (Å²) < 4.78 is 11.8. The van der Waals surface area contributed by atoms with Gasteiger partial charge in [-0.2, -0.15) is 0 Å². The number of esters is 1. The monoisotopic (exact) mass is 396 g/mol. The quantitative estimate of drug-likeness (QED) is 0.602. The number of ether oxygens (including phenoxy) is 1. The van der Waals surface area contributed by atoms with Crippen LogP contribution in [0.1, 0.15) is 27.2 Å². The molecule has 5 nitrogen and oxygen atoms in total. The van der Waals surface area contributed by atoms with E-state index in [1.54, 1.807) is 0 Å². The fourth-order valence-electron chi connectivity index (χ4n) is 3.22. The second kappa shape index (κ2) is 6.63. The van der Waals surface area contributed by atoms with E-state index in [0.717, 1.165) is 4.90 Å². The van der Waals surface area contributed by atoms with E-state index >= 15 is 0 Å². The number of carbonyl (C=O) groups is 1. The molecule has 2 aliphatic rings. The van der Waals surface area contributed by atoms with E-state index in [9.17, 15) is 15.0 Å². The number of hydrogen-bond acceptors (Lipinski definition) is 6. The molecule has 1 heterocycles. The van der Waals surface area contributed by atoms with Gasteiger partial charge >= 0.3 is 5.97 Å². The maximum Gasteiger partial charge on any atom is 0.339 e. The number of fused-ring (bicyclic) bond motifs is 2. The molecule has 0 spiro atoms. The van der Waals surface area contributed by atoms with Crippen molar-refractivity contribution in [3.05, 3.63) is 30.3 Å². The Kier molecular flexibility index (Phi) is 5.07. The summed E-state index contributed by atoms with van der Waals surface area (Å²) in [5.74, 6) is -0.656. The van der Waals surface area contributed by atoms with Crippen LogP contribution in [0.25, 0.3) is 0 Å². The molecule has 7 heteroatoms. The third kappa shape index (κ3) is 3.35. The minimum absolute atomic E-state index is 0.0569. The van der Waals surface area contributed by atoms with Gasteiger partial charge in [0.05, 0.1) is 11.4 Å². The summed E-state index contributed by atoms with van der Waals surface area (Å²) in [7, 11) is -2.23. The number of carbonyl (C=O) groups excluding carboxylic acids is 1. The van der Waals surface area contributed by atoms with Crippen molar-refractivity contribution in [1.29, 1.82) is 0 Å². The molecule has 1 aromatic rings. The molecule has 0 radical (unpaired) electrons. The molecule has 2 bridgehead atoms. The zero-order chi connectivity index (χ0) is 19.3. The van der Waals surface area contributed by atoms with Gasteiger partial charge in [-0.05, 0) is 30.3 Å². The number of aliphatic hydroxyl groups is 2. The lowest BCUT2D eigenvalue weighted by atomic mass is 9.82. The molecule has 0 aromatic heterocycles. The summed E-state index contributed by atoms with van der Waals surface area (Å²) in [4.78, 5) is 13.3. The lowest BCUT2D eigenvalue weighted by Crippen LogP contribution is -2.62. The predicted molar refractivity (Wildman–Crippen MR) is 104 cm³/mol. The minimum atomic E-state index is -2.23. The summed E-state index contributed by atoms with van der Waals surface area (Å²) in [6.45, 7) is 10.6. The van der Waals surface area contributed by atoms with E-state index in [4.69, 9.17) is 9.16 Å². The van der Waals surface area contributed by atoms with Gasteiger partial charge in [0.2, 0.25) is 0 Å². The molecule has 5 atom stereocenters. The van der Waals surface area contributed by atoms with Crippen LogP contribution in [0.15, 0.2) is 35.2 Å². The Morgan fingerprint density at radius 2 is 1.88 bits per heavy atom. The van der Waals surface area contributed by atoms with E-state index in [2.05, 4.69) is 33.9 Å². The molecule has 0 amide bonds. The van der Waals surface area contributed by atoms with Crippen LogP contribution < -0.4 is 0 Å². The average molecular weight is 397 g/mol. The minimum Gasteiger partial charge on any atom is -0.457 e. The summed E-state index contributed by atoms with van der Waals surface area (Å²) in [5, 5.41) is 21.3. The van der Waals surface area contributed by atoms with Crippen molar-refractivity contribution in [3.8, 4) is 0 Å². The van der Waals surface area contributed by atoms with Crippen molar-refractivity contribution in [3.63, 3.8) is 0 Å². The first-order chi connectivity index (χ1) is 12.0. The van der Waals surface area contributed by atoms with Crippen molar-refractivity contribution in [2.24, 2.45) is 0 Å². The first-order valence-electron chi connectivity index (χ1n) is 8.97. The zero-order valence-electron chi connectivity index (χ0n) is 15.9. The molecular weight excluding hydrogens is 368 g/mol. The Morgan fingerprint density at radius 3 is 2.46 bits per heavy atom. The smallest absolute Gasteiger partial charge is 0.339 e. The zero-order valence-corrected chi connectivity index (χ0v) is 17.7. The number of thioether (sulfide) groups is 1. The largest absolute Gasteiger partial charge is 0.457 e. The van der Waals surface area contributed by atoms with Crippen LogP contribution in [0, 0.1) is 0 Å². The fourth-order valence-corrected chi connectivity index (χ4v) is 5.97. The molecule has 26 heavy (non-hydrogen) atoms. The molecule has 1 aliphatic carbocycles. The Balaban J connectivity index is 1.97. The van der Waals surface area contributed by atoms with Crippen molar-refractivity contribution in [2.75, 3.05) is 0 Å². The van der Waals surface area contributed by atoms with Gasteiger partial charge in [-0.15, -0.1) is 11.8 Å². The van der Waals surface area contributed by atoms with Crippen LogP contribution in [0.4, 0.5) is 0 Å². The third-order valence-corrected chi connectivity index (χ3v) is 11.8. The molecule has 0 unspecified atom stereocenters. The van der Waals surface area contributed by atoms with Crippen LogP contribution in [0.5, 0.6) is 0 Å². The maximum absolute atomic E-state index is 12.4. The lowest BCUT2D eigenvalue weighted by Gasteiger charge is -2.47.